The second kappa shape index (κ2) is 4.68. The number of fused-ring (bicyclic) bond motifs is 1. The molecule has 0 unspecified atom stereocenters. The molecule has 3 aromatic rings. The quantitative estimate of drug-likeness (QED) is 0.742. The van der Waals surface area contributed by atoms with Crippen LogP contribution in [0, 0.1) is 0 Å². The van der Waals surface area contributed by atoms with Crippen LogP contribution >= 0.6 is 0 Å². The number of H-pyrrole nitrogens is 1. The van der Waals surface area contributed by atoms with Crippen LogP contribution in [0.1, 0.15) is 13.8 Å². The zero-order valence-electron chi connectivity index (χ0n) is 10.9. The Bertz CT molecular complexity index is 697. The van der Waals surface area contributed by atoms with Gasteiger partial charge < -0.3 is 5.32 Å². The van der Waals surface area contributed by atoms with Crippen LogP contribution in [-0.4, -0.2) is 36.5 Å². The Morgan fingerprint density at radius 3 is 3.00 bits per heavy atom. The Labute approximate surface area is 110 Å². The zero-order valence-corrected chi connectivity index (χ0v) is 10.9. The number of rotatable bonds is 4. The number of aryl methyl sites for hydroxylation is 1. The van der Waals surface area contributed by atoms with E-state index < -0.39 is 0 Å². The molecule has 7 nitrogen and oxygen atoms in total. The topological polar surface area (TPSA) is 84.3 Å². The van der Waals surface area contributed by atoms with Crippen LogP contribution in [-0.2, 0) is 6.54 Å². The van der Waals surface area contributed by atoms with E-state index in [-0.39, 0.29) is 0 Å². The second-order valence-corrected chi connectivity index (χ2v) is 4.09. The lowest BCUT2D eigenvalue weighted by molar-refractivity contribution is 0.666. The molecule has 0 saturated heterocycles. The Hall–Kier alpha value is -2.44. The van der Waals surface area contributed by atoms with Gasteiger partial charge in [0, 0.05) is 19.3 Å². The maximum absolute atomic E-state index is 4.57. The van der Waals surface area contributed by atoms with Gasteiger partial charge >= 0.3 is 0 Å². The molecule has 0 radical (unpaired) electrons. The Morgan fingerprint density at radius 2 is 2.21 bits per heavy atom. The minimum Gasteiger partial charge on any atom is -0.354 e. The van der Waals surface area contributed by atoms with Gasteiger partial charge in [0.05, 0.1) is 17.3 Å². The van der Waals surface area contributed by atoms with Crippen molar-refractivity contribution in [3.8, 4) is 11.4 Å². The van der Waals surface area contributed by atoms with E-state index in [9.17, 15) is 0 Å². The number of aromatic amines is 1. The predicted molar refractivity (Wildman–Crippen MR) is 72.7 cm³/mol. The summed E-state index contributed by atoms with van der Waals surface area (Å²) in [5, 5.41) is 15.2. The van der Waals surface area contributed by atoms with Crippen LogP contribution in [0.25, 0.3) is 22.4 Å². The highest BCUT2D eigenvalue weighted by molar-refractivity contribution is 5.89. The maximum Gasteiger partial charge on any atom is 0.225 e. The highest BCUT2D eigenvalue weighted by Crippen LogP contribution is 2.25. The first-order valence-corrected chi connectivity index (χ1v) is 6.30. The number of hydrogen-bond acceptors (Lipinski definition) is 5. The molecular weight excluding hydrogens is 242 g/mol. The number of anilines is 1. The molecule has 0 saturated carbocycles. The normalized spacial score (nSPS) is 11.1. The summed E-state index contributed by atoms with van der Waals surface area (Å²) in [5.41, 5.74) is 2.54. The first-order valence-electron chi connectivity index (χ1n) is 6.30. The minimum absolute atomic E-state index is 0.595. The summed E-state index contributed by atoms with van der Waals surface area (Å²) in [6, 6.07) is 1.95. The molecule has 7 heteroatoms. The van der Waals surface area contributed by atoms with E-state index in [1.54, 1.807) is 12.4 Å². The van der Waals surface area contributed by atoms with Crippen molar-refractivity contribution in [2.75, 3.05) is 11.9 Å². The van der Waals surface area contributed by atoms with Crippen LogP contribution in [0.4, 0.5) is 5.95 Å². The Kier molecular flexibility index (Phi) is 2.86. The van der Waals surface area contributed by atoms with Crippen molar-refractivity contribution in [3.63, 3.8) is 0 Å². The first-order chi connectivity index (χ1) is 9.33. The molecule has 0 bridgehead atoms. The molecule has 3 heterocycles. The number of aromatic nitrogens is 6. The number of hydrogen-bond donors (Lipinski definition) is 2. The van der Waals surface area contributed by atoms with E-state index in [1.165, 1.54) is 0 Å². The van der Waals surface area contributed by atoms with Gasteiger partial charge in [-0.1, -0.05) is 0 Å². The third-order valence-corrected chi connectivity index (χ3v) is 2.90. The largest absolute Gasteiger partial charge is 0.354 e. The fourth-order valence-corrected chi connectivity index (χ4v) is 2.05. The summed E-state index contributed by atoms with van der Waals surface area (Å²) in [6.45, 7) is 5.63. The van der Waals surface area contributed by atoms with Crippen LogP contribution < -0.4 is 5.32 Å². The Morgan fingerprint density at radius 1 is 1.32 bits per heavy atom. The maximum atomic E-state index is 4.57. The van der Waals surface area contributed by atoms with E-state index in [0.717, 1.165) is 35.5 Å². The molecule has 0 atom stereocenters. The summed E-state index contributed by atoms with van der Waals surface area (Å²) in [5.74, 6) is 0.595. The van der Waals surface area contributed by atoms with Gasteiger partial charge in [-0.25, -0.2) is 4.98 Å². The Balaban J connectivity index is 2.23. The highest BCUT2D eigenvalue weighted by Gasteiger charge is 2.14. The molecule has 0 fully saturated rings. The zero-order chi connectivity index (χ0) is 13.2. The summed E-state index contributed by atoms with van der Waals surface area (Å²) in [7, 11) is 0. The fraction of sp³-hybridized carbons (Fsp3) is 0.333. The first kappa shape index (κ1) is 11.6. The molecule has 0 aliphatic rings. The minimum atomic E-state index is 0.595. The van der Waals surface area contributed by atoms with Crippen molar-refractivity contribution in [1.29, 1.82) is 0 Å². The van der Waals surface area contributed by atoms with Crippen molar-refractivity contribution in [2.45, 2.75) is 20.4 Å². The molecule has 98 valence electrons. The SMILES string of the molecule is CCNc1nc(-c2ccnn2CC)c2cn[nH]c2n1. The van der Waals surface area contributed by atoms with E-state index in [0.29, 0.717) is 5.95 Å². The summed E-state index contributed by atoms with van der Waals surface area (Å²) >= 11 is 0. The molecule has 19 heavy (non-hydrogen) atoms. The van der Waals surface area contributed by atoms with Crippen LogP contribution in [0.5, 0.6) is 0 Å². The van der Waals surface area contributed by atoms with Gasteiger partial charge in [0.15, 0.2) is 5.65 Å². The van der Waals surface area contributed by atoms with Crippen LogP contribution in [0.15, 0.2) is 18.5 Å². The molecule has 3 aromatic heterocycles. The second-order valence-electron chi connectivity index (χ2n) is 4.09. The van der Waals surface area contributed by atoms with Gasteiger partial charge in [0.25, 0.3) is 0 Å². The standard InChI is InChI=1S/C12H15N7/c1-3-13-12-16-10(8-7-14-18-11(8)17-12)9-5-6-15-19(9)4-2/h5-7H,3-4H2,1-2H3,(H2,13,14,16,17,18). The average molecular weight is 257 g/mol. The van der Waals surface area contributed by atoms with E-state index >= 15 is 0 Å². The molecule has 0 aromatic carbocycles. The van der Waals surface area contributed by atoms with Crippen LogP contribution in [0.3, 0.4) is 0 Å². The lowest BCUT2D eigenvalue weighted by atomic mass is 10.2. The van der Waals surface area contributed by atoms with Crippen molar-refractivity contribution < 1.29 is 0 Å². The van der Waals surface area contributed by atoms with Crippen molar-refractivity contribution in [1.82, 2.24) is 29.9 Å². The van der Waals surface area contributed by atoms with E-state index in [1.807, 2.05) is 17.7 Å². The van der Waals surface area contributed by atoms with E-state index in [2.05, 4.69) is 37.5 Å². The van der Waals surface area contributed by atoms with Gasteiger partial charge in [-0.2, -0.15) is 15.2 Å². The average Bonchev–Trinajstić information content (AvgIpc) is 3.06. The third-order valence-electron chi connectivity index (χ3n) is 2.90. The predicted octanol–water partition coefficient (Wildman–Crippen LogP) is 1.67. The van der Waals surface area contributed by atoms with Gasteiger partial charge in [0.2, 0.25) is 5.95 Å². The third kappa shape index (κ3) is 1.92. The van der Waals surface area contributed by atoms with E-state index in [4.69, 9.17) is 0 Å². The monoisotopic (exact) mass is 257 g/mol. The molecular formula is C12H15N7. The lowest BCUT2D eigenvalue weighted by Gasteiger charge is -2.07. The van der Waals surface area contributed by atoms with Crippen LogP contribution in [0.2, 0.25) is 0 Å². The molecule has 0 amide bonds. The van der Waals surface area contributed by atoms with Gasteiger partial charge in [-0.15, -0.1) is 0 Å². The summed E-state index contributed by atoms with van der Waals surface area (Å²) in [6.07, 6.45) is 3.52. The van der Waals surface area contributed by atoms with Crippen molar-refractivity contribution >= 4 is 17.0 Å². The molecule has 3 rings (SSSR count). The number of nitrogens with zero attached hydrogens (tertiary/aromatic N) is 5. The summed E-state index contributed by atoms with van der Waals surface area (Å²) in [4.78, 5) is 8.95. The molecule has 2 N–H and O–H groups in total. The van der Waals surface area contributed by atoms with Gasteiger partial charge in [-0.05, 0) is 19.9 Å². The smallest absolute Gasteiger partial charge is 0.225 e. The molecule has 0 aliphatic carbocycles. The van der Waals surface area contributed by atoms with Crippen molar-refractivity contribution in [2.24, 2.45) is 0 Å². The lowest BCUT2D eigenvalue weighted by Crippen LogP contribution is -2.05. The summed E-state index contributed by atoms with van der Waals surface area (Å²) < 4.78 is 1.91. The fourth-order valence-electron chi connectivity index (χ4n) is 2.05. The molecule has 0 spiro atoms. The van der Waals surface area contributed by atoms with Gasteiger partial charge in [-0.3, -0.25) is 9.78 Å². The van der Waals surface area contributed by atoms with Gasteiger partial charge in [0.1, 0.15) is 5.69 Å². The highest BCUT2D eigenvalue weighted by atomic mass is 15.3. The number of nitrogens with one attached hydrogen (secondary N) is 2. The molecule has 0 aliphatic heterocycles. The van der Waals surface area contributed by atoms with Crippen molar-refractivity contribution in [3.05, 3.63) is 18.5 Å².